The summed E-state index contributed by atoms with van der Waals surface area (Å²) in [6, 6.07) is 1.23. The van der Waals surface area contributed by atoms with Crippen LogP contribution in [0.25, 0.3) is 0 Å². The number of carboxylic acid groups (broad SMARTS) is 1. The molecule has 0 spiro atoms. The molecule has 0 saturated carbocycles. The number of anilines is 2. The number of carboxylic acids is 1. The lowest BCUT2D eigenvalue weighted by molar-refractivity contribution is 0.0540. The average molecular weight is 325 g/mol. The van der Waals surface area contributed by atoms with Crippen molar-refractivity contribution in [3.8, 4) is 0 Å². The summed E-state index contributed by atoms with van der Waals surface area (Å²) >= 11 is 0. The third kappa shape index (κ3) is 5.97. The van der Waals surface area contributed by atoms with Gasteiger partial charge in [0.1, 0.15) is 5.60 Å². The first-order valence-corrected chi connectivity index (χ1v) is 7.28. The van der Waals surface area contributed by atoms with Gasteiger partial charge in [-0.25, -0.2) is 20.0 Å². The van der Waals surface area contributed by atoms with Gasteiger partial charge in [0.2, 0.25) is 5.95 Å². The predicted octanol–water partition coefficient (Wildman–Crippen LogP) is 1.87. The van der Waals surface area contributed by atoms with E-state index in [-0.39, 0.29) is 17.5 Å². The molecule has 9 heteroatoms. The Morgan fingerprint density at radius 3 is 2.35 bits per heavy atom. The summed E-state index contributed by atoms with van der Waals surface area (Å²) in [5, 5.41) is 9.14. The topological polar surface area (TPSA) is 117 Å². The van der Waals surface area contributed by atoms with Crippen molar-refractivity contribution in [3.05, 3.63) is 11.8 Å². The van der Waals surface area contributed by atoms with Gasteiger partial charge >= 0.3 is 12.1 Å². The van der Waals surface area contributed by atoms with E-state index in [1.165, 1.54) is 6.07 Å². The fourth-order valence-corrected chi connectivity index (χ4v) is 1.67. The number of aromatic nitrogens is 2. The quantitative estimate of drug-likeness (QED) is 0.679. The van der Waals surface area contributed by atoms with E-state index in [0.29, 0.717) is 13.1 Å². The minimum atomic E-state index is -1.18. The molecule has 1 aromatic rings. The average Bonchev–Trinajstić information content (AvgIpc) is 2.44. The lowest BCUT2D eigenvalue weighted by Crippen LogP contribution is -2.36. The molecule has 128 valence electrons. The van der Waals surface area contributed by atoms with Crippen molar-refractivity contribution in [1.29, 1.82) is 0 Å². The molecule has 3 N–H and O–H groups in total. The molecule has 1 amide bonds. The summed E-state index contributed by atoms with van der Waals surface area (Å²) in [7, 11) is 0. The van der Waals surface area contributed by atoms with Crippen molar-refractivity contribution in [3.63, 3.8) is 0 Å². The number of carbonyl (C=O) groups is 2. The monoisotopic (exact) mass is 325 g/mol. The molecule has 0 aliphatic heterocycles. The molecule has 0 atom stereocenters. The molecule has 0 saturated heterocycles. The lowest BCUT2D eigenvalue weighted by Gasteiger charge is -2.21. The normalized spacial score (nSPS) is 10.8. The number of amides is 1. The van der Waals surface area contributed by atoms with Gasteiger partial charge in [0.25, 0.3) is 0 Å². The number of nitrogens with zero attached hydrogens (tertiary/aromatic N) is 3. The highest BCUT2D eigenvalue weighted by Crippen LogP contribution is 2.14. The van der Waals surface area contributed by atoms with Gasteiger partial charge in [-0.1, -0.05) is 0 Å². The van der Waals surface area contributed by atoms with Gasteiger partial charge in [-0.05, 0) is 34.6 Å². The summed E-state index contributed by atoms with van der Waals surface area (Å²) in [6.07, 6.45) is -0.697. The molecule has 1 heterocycles. The molecule has 9 nitrogen and oxygen atoms in total. The van der Waals surface area contributed by atoms with Crippen molar-refractivity contribution in [2.24, 2.45) is 0 Å². The molecule has 0 aromatic carbocycles. The second-order valence-corrected chi connectivity index (χ2v) is 5.67. The lowest BCUT2D eigenvalue weighted by atomic mass is 10.2. The minimum Gasteiger partial charge on any atom is -0.477 e. The molecular weight excluding hydrogens is 302 g/mol. The Hall–Kier alpha value is -2.58. The maximum Gasteiger partial charge on any atom is 0.426 e. The van der Waals surface area contributed by atoms with Crippen molar-refractivity contribution in [2.75, 3.05) is 23.4 Å². The van der Waals surface area contributed by atoms with E-state index in [2.05, 4.69) is 20.8 Å². The van der Waals surface area contributed by atoms with E-state index in [1.807, 2.05) is 13.8 Å². The summed E-state index contributed by atoms with van der Waals surface area (Å²) in [5.41, 5.74) is 4.04. The number of hydrogen-bond donors (Lipinski definition) is 3. The first-order valence-electron chi connectivity index (χ1n) is 7.28. The highest BCUT2D eigenvalue weighted by molar-refractivity contribution is 5.86. The van der Waals surface area contributed by atoms with Crippen LogP contribution in [0.1, 0.15) is 45.1 Å². The van der Waals surface area contributed by atoms with E-state index < -0.39 is 17.7 Å². The van der Waals surface area contributed by atoms with Crippen LogP contribution in [-0.2, 0) is 4.74 Å². The second kappa shape index (κ2) is 7.61. The van der Waals surface area contributed by atoms with Crippen LogP contribution in [0.2, 0.25) is 0 Å². The van der Waals surface area contributed by atoms with Gasteiger partial charge < -0.3 is 14.7 Å². The van der Waals surface area contributed by atoms with Crippen LogP contribution < -0.4 is 15.8 Å². The van der Waals surface area contributed by atoms with Crippen LogP contribution in [0.4, 0.5) is 16.6 Å². The fraction of sp³-hybridized carbons (Fsp3) is 0.571. The predicted molar refractivity (Wildman–Crippen MR) is 85.5 cm³/mol. The molecule has 1 rings (SSSR count). The number of hydrogen-bond acceptors (Lipinski definition) is 7. The Balaban J connectivity index is 2.93. The van der Waals surface area contributed by atoms with Gasteiger partial charge in [-0.3, -0.25) is 5.43 Å². The van der Waals surface area contributed by atoms with Gasteiger partial charge in [0.15, 0.2) is 11.5 Å². The zero-order valence-electron chi connectivity index (χ0n) is 14.0. The zero-order chi connectivity index (χ0) is 17.6. The maximum absolute atomic E-state index is 11.6. The minimum absolute atomic E-state index is 0.158. The molecule has 0 fully saturated rings. The van der Waals surface area contributed by atoms with Gasteiger partial charge in [0, 0.05) is 19.2 Å². The van der Waals surface area contributed by atoms with Crippen LogP contribution in [-0.4, -0.2) is 45.8 Å². The Morgan fingerprint density at radius 1 is 1.26 bits per heavy atom. The number of carbonyl (C=O) groups excluding carboxylic acids is 1. The van der Waals surface area contributed by atoms with Crippen LogP contribution in [0.3, 0.4) is 0 Å². The summed E-state index contributed by atoms with van der Waals surface area (Å²) < 4.78 is 5.07. The van der Waals surface area contributed by atoms with E-state index in [1.54, 1.807) is 25.7 Å². The SMILES string of the molecule is CCN(CC)c1nc(NNC(=O)OC(C)(C)C)cc(C(=O)O)n1. The van der Waals surface area contributed by atoms with Crippen molar-refractivity contribution in [1.82, 2.24) is 15.4 Å². The summed E-state index contributed by atoms with van der Waals surface area (Å²) in [6.45, 7) is 10.3. The maximum atomic E-state index is 11.6. The molecule has 0 radical (unpaired) electrons. The summed E-state index contributed by atoms with van der Waals surface area (Å²) in [4.78, 5) is 32.8. The van der Waals surface area contributed by atoms with Crippen LogP contribution >= 0.6 is 0 Å². The van der Waals surface area contributed by atoms with Crippen LogP contribution in [0.5, 0.6) is 0 Å². The summed E-state index contributed by atoms with van der Waals surface area (Å²) in [5.74, 6) is -0.755. The highest BCUT2D eigenvalue weighted by Gasteiger charge is 2.17. The number of rotatable bonds is 6. The number of hydrazine groups is 1. The Kier molecular flexibility index (Phi) is 6.11. The molecule has 0 aliphatic rings. The number of aromatic carboxylic acids is 1. The van der Waals surface area contributed by atoms with Gasteiger partial charge in [0.05, 0.1) is 0 Å². The first-order chi connectivity index (χ1) is 10.7. The fourth-order valence-electron chi connectivity index (χ4n) is 1.67. The van der Waals surface area contributed by atoms with Crippen LogP contribution in [0.15, 0.2) is 6.07 Å². The third-order valence-electron chi connectivity index (χ3n) is 2.67. The molecule has 0 unspecified atom stereocenters. The third-order valence-corrected chi connectivity index (χ3v) is 2.67. The zero-order valence-corrected chi connectivity index (χ0v) is 14.0. The van der Waals surface area contributed by atoms with Gasteiger partial charge in [-0.2, -0.15) is 4.98 Å². The first kappa shape index (κ1) is 18.5. The Labute approximate surface area is 135 Å². The Bertz CT molecular complexity index is 567. The molecule has 0 bridgehead atoms. The molecule has 23 heavy (non-hydrogen) atoms. The largest absolute Gasteiger partial charge is 0.477 e. The smallest absolute Gasteiger partial charge is 0.426 e. The number of nitrogens with one attached hydrogen (secondary N) is 2. The standard InChI is InChI=1S/C14H23N5O4/c1-6-19(7-2)12-15-9(11(20)21)8-10(16-12)17-18-13(22)23-14(3,4)5/h8H,6-7H2,1-5H3,(H,18,22)(H,20,21)(H,15,16,17). The molecule has 0 aliphatic carbocycles. The second-order valence-electron chi connectivity index (χ2n) is 5.67. The van der Waals surface area contributed by atoms with E-state index in [9.17, 15) is 9.59 Å². The van der Waals surface area contributed by atoms with E-state index in [0.717, 1.165) is 0 Å². The van der Waals surface area contributed by atoms with Crippen molar-refractivity contribution in [2.45, 2.75) is 40.2 Å². The molecular formula is C14H23N5O4. The Morgan fingerprint density at radius 2 is 1.87 bits per heavy atom. The van der Waals surface area contributed by atoms with Gasteiger partial charge in [-0.15, -0.1) is 0 Å². The number of ether oxygens (including phenoxy) is 1. The van der Waals surface area contributed by atoms with E-state index >= 15 is 0 Å². The van der Waals surface area contributed by atoms with E-state index in [4.69, 9.17) is 9.84 Å². The van der Waals surface area contributed by atoms with Crippen LogP contribution in [0, 0.1) is 0 Å². The molecule has 1 aromatic heterocycles. The van der Waals surface area contributed by atoms with Crippen molar-refractivity contribution >= 4 is 23.8 Å². The highest BCUT2D eigenvalue weighted by atomic mass is 16.6. The van der Waals surface area contributed by atoms with Crippen molar-refractivity contribution < 1.29 is 19.4 Å².